The highest BCUT2D eigenvalue weighted by Crippen LogP contribution is 2.27. The number of benzene rings is 1. The molecule has 4 rings (SSSR count). The van der Waals surface area contributed by atoms with Crippen molar-refractivity contribution in [3.63, 3.8) is 0 Å². The number of carbonyl (C=O) groups is 2. The van der Waals surface area contributed by atoms with Crippen molar-refractivity contribution in [2.75, 3.05) is 32.1 Å². The molecule has 2 saturated heterocycles. The van der Waals surface area contributed by atoms with Gasteiger partial charge in [-0.15, -0.1) is 0 Å². The number of nitrogens with zero attached hydrogens (tertiary/aromatic N) is 2. The van der Waals surface area contributed by atoms with Gasteiger partial charge in [0.15, 0.2) is 11.5 Å². The molecule has 4 N–H and O–H groups in total. The van der Waals surface area contributed by atoms with Crippen LogP contribution >= 0.6 is 0 Å². The van der Waals surface area contributed by atoms with E-state index in [0.29, 0.717) is 30.8 Å². The fraction of sp³-hybridized carbons (Fsp3) is 0.348. The van der Waals surface area contributed by atoms with E-state index in [0.717, 1.165) is 6.42 Å². The van der Waals surface area contributed by atoms with Gasteiger partial charge in [-0.05, 0) is 18.6 Å². The van der Waals surface area contributed by atoms with Gasteiger partial charge < -0.3 is 25.8 Å². The number of carbonyl (C=O) groups excluding carboxylic acids is 2. The summed E-state index contributed by atoms with van der Waals surface area (Å²) in [5, 5.41) is 13.4. The van der Waals surface area contributed by atoms with Crippen molar-refractivity contribution in [1.82, 2.24) is 9.88 Å². The summed E-state index contributed by atoms with van der Waals surface area (Å²) in [6, 6.07) is 7.71. The van der Waals surface area contributed by atoms with Crippen LogP contribution in [0.1, 0.15) is 28.9 Å². The Bertz CT molecular complexity index is 1140. The van der Waals surface area contributed by atoms with Crippen LogP contribution in [-0.2, 0) is 9.53 Å². The first-order valence-corrected chi connectivity index (χ1v) is 10.2. The number of anilines is 1. The molecule has 0 saturated carbocycles. The number of likely N-dealkylation sites (tertiary alicyclic amines) is 1. The van der Waals surface area contributed by atoms with E-state index in [4.69, 9.17) is 10.5 Å². The number of nitrogens with two attached hydrogens (primary N) is 1. The zero-order valence-electron chi connectivity index (χ0n) is 17.5. The molecule has 0 bridgehead atoms. The van der Waals surface area contributed by atoms with Crippen LogP contribution in [0.15, 0.2) is 30.3 Å². The summed E-state index contributed by atoms with van der Waals surface area (Å²) in [6.07, 6.45) is 1.11. The highest BCUT2D eigenvalue weighted by Gasteiger charge is 2.42. The van der Waals surface area contributed by atoms with E-state index < -0.39 is 23.2 Å². The molecule has 3 heterocycles. The van der Waals surface area contributed by atoms with Crippen molar-refractivity contribution < 1.29 is 23.8 Å². The third-order valence-electron chi connectivity index (χ3n) is 5.58. The quantitative estimate of drug-likeness (QED) is 0.603. The Kier molecular flexibility index (Phi) is 5.82. The number of pyridine rings is 1. The summed E-state index contributed by atoms with van der Waals surface area (Å²) in [6.45, 7) is 1.52. The maximum Gasteiger partial charge on any atom is 0.269 e. The Hall–Kier alpha value is -3.48. The van der Waals surface area contributed by atoms with E-state index in [9.17, 15) is 19.1 Å². The lowest BCUT2D eigenvalue weighted by Gasteiger charge is -2.27. The Morgan fingerprint density at radius 2 is 2.25 bits per heavy atom. The Morgan fingerprint density at radius 3 is 2.88 bits per heavy atom. The van der Waals surface area contributed by atoms with E-state index in [1.807, 2.05) is 0 Å². The third-order valence-corrected chi connectivity index (χ3v) is 5.58. The number of primary amides is 1. The van der Waals surface area contributed by atoms with Gasteiger partial charge in [0.25, 0.3) is 11.8 Å². The Balaban J connectivity index is 1.62. The lowest BCUT2D eigenvalue weighted by molar-refractivity contribution is -0.137. The van der Waals surface area contributed by atoms with Crippen LogP contribution in [-0.4, -0.2) is 65.3 Å². The molecule has 0 spiro atoms. The SMILES string of the molecule is CN1CCC(O)(C#Cc2cccc(-c3nc(C(N)=O)c(NCC4CCO4)cc3F)c2)C1=O. The number of rotatable bonds is 5. The van der Waals surface area contributed by atoms with Crippen LogP contribution in [0, 0.1) is 17.7 Å². The first-order valence-electron chi connectivity index (χ1n) is 10.2. The van der Waals surface area contributed by atoms with Crippen LogP contribution in [0.2, 0.25) is 0 Å². The standard InChI is InChI=1S/C23H23FN4O4/c1-28-9-8-23(31,22(28)30)7-5-14-3-2-4-15(11-14)19-17(24)12-18(20(27-19)21(25)29)26-13-16-6-10-32-16/h2-4,11-12,16,26,31H,6,8-10,13H2,1H3,(H2,25,29). The Labute approximate surface area is 184 Å². The minimum Gasteiger partial charge on any atom is -0.380 e. The van der Waals surface area contributed by atoms with E-state index in [1.54, 1.807) is 31.3 Å². The van der Waals surface area contributed by atoms with Crippen LogP contribution in [0.3, 0.4) is 0 Å². The summed E-state index contributed by atoms with van der Waals surface area (Å²) in [4.78, 5) is 29.6. The zero-order chi connectivity index (χ0) is 22.9. The molecule has 9 heteroatoms. The molecular formula is C23H23FN4O4. The first-order chi connectivity index (χ1) is 15.3. The van der Waals surface area contributed by atoms with Crippen LogP contribution < -0.4 is 11.1 Å². The molecular weight excluding hydrogens is 415 g/mol. The van der Waals surface area contributed by atoms with Gasteiger partial charge in [-0.25, -0.2) is 9.37 Å². The average Bonchev–Trinajstić information content (AvgIpc) is 2.99. The summed E-state index contributed by atoms with van der Waals surface area (Å²) in [5.41, 5.74) is 4.66. The third kappa shape index (κ3) is 4.28. The van der Waals surface area contributed by atoms with Gasteiger partial charge in [-0.2, -0.15) is 0 Å². The molecule has 2 fully saturated rings. The smallest absolute Gasteiger partial charge is 0.269 e. The normalized spacial score (nSPS) is 22.2. The predicted octanol–water partition coefficient (Wildman–Crippen LogP) is 1.13. The molecule has 2 aliphatic heterocycles. The minimum absolute atomic E-state index is 0.00933. The number of amides is 2. The average molecular weight is 438 g/mol. The molecule has 0 aliphatic carbocycles. The first kappa shape index (κ1) is 21.7. The molecule has 1 aromatic carbocycles. The second-order valence-corrected chi connectivity index (χ2v) is 7.91. The number of ether oxygens (including phenoxy) is 1. The number of halogens is 1. The fourth-order valence-corrected chi connectivity index (χ4v) is 3.57. The highest BCUT2D eigenvalue weighted by atomic mass is 19.1. The Morgan fingerprint density at radius 1 is 1.47 bits per heavy atom. The largest absolute Gasteiger partial charge is 0.380 e. The van der Waals surface area contributed by atoms with Crippen molar-refractivity contribution in [3.8, 4) is 23.1 Å². The molecule has 2 aromatic rings. The van der Waals surface area contributed by atoms with Crippen molar-refractivity contribution in [3.05, 3.63) is 47.4 Å². The maximum absolute atomic E-state index is 14.9. The monoisotopic (exact) mass is 438 g/mol. The van der Waals surface area contributed by atoms with Gasteiger partial charge in [0.1, 0.15) is 5.69 Å². The molecule has 2 amide bonds. The summed E-state index contributed by atoms with van der Waals surface area (Å²) in [7, 11) is 1.60. The van der Waals surface area contributed by atoms with Gasteiger partial charge in [0, 0.05) is 50.4 Å². The van der Waals surface area contributed by atoms with Gasteiger partial charge in [-0.3, -0.25) is 9.59 Å². The van der Waals surface area contributed by atoms with E-state index in [-0.39, 0.29) is 29.6 Å². The molecule has 166 valence electrons. The number of likely N-dealkylation sites (N-methyl/N-ethyl adjacent to an activating group) is 1. The second-order valence-electron chi connectivity index (χ2n) is 7.91. The maximum atomic E-state index is 14.9. The van der Waals surface area contributed by atoms with Crippen molar-refractivity contribution >= 4 is 17.5 Å². The number of aliphatic hydroxyl groups is 1. The van der Waals surface area contributed by atoms with E-state index in [1.165, 1.54) is 11.0 Å². The fourth-order valence-electron chi connectivity index (χ4n) is 3.57. The minimum atomic E-state index is -1.73. The van der Waals surface area contributed by atoms with Crippen molar-refractivity contribution in [2.24, 2.45) is 5.73 Å². The predicted molar refractivity (Wildman–Crippen MR) is 115 cm³/mol. The van der Waals surface area contributed by atoms with E-state index in [2.05, 4.69) is 22.1 Å². The van der Waals surface area contributed by atoms with Crippen LogP contribution in [0.5, 0.6) is 0 Å². The van der Waals surface area contributed by atoms with Gasteiger partial charge >= 0.3 is 0 Å². The van der Waals surface area contributed by atoms with Gasteiger partial charge in [-0.1, -0.05) is 24.0 Å². The highest BCUT2D eigenvalue weighted by molar-refractivity contribution is 5.97. The molecule has 8 nitrogen and oxygen atoms in total. The van der Waals surface area contributed by atoms with Crippen molar-refractivity contribution in [1.29, 1.82) is 0 Å². The summed E-state index contributed by atoms with van der Waals surface area (Å²) >= 11 is 0. The molecule has 2 aliphatic rings. The number of aromatic nitrogens is 1. The lowest BCUT2D eigenvalue weighted by atomic mass is 10.0. The zero-order valence-corrected chi connectivity index (χ0v) is 17.5. The topological polar surface area (TPSA) is 118 Å². The van der Waals surface area contributed by atoms with Crippen LogP contribution in [0.25, 0.3) is 11.3 Å². The van der Waals surface area contributed by atoms with Crippen LogP contribution in [0.4, 0.5) is 10.1 Å². The van der Waals surface area contributed by atoms with Gasteiger partial charge in [0.2, 0.25) is 5.60 Å². The summed E-state index contributed by atoms with van der Waals surface area (Å²) in [5.74, 6) is 3.54. The number of hydrogen-bond acceptors (Lipinski definition) is 6. The molecule has 2 atom stereocenters. The van der Waals surface area contributed by atoms with Crippen molar-refractivity contribution in [2.45, 2.75) is 24.5 Å². The summed E-state index contributed by atoms with van der Waals surface area (Å²) < 4.78 is 20.2. The molecule has 0 radical (unpaired) electrons. The van der Waals surface area contributed by atoms with E-state index >= 15 is 0 Å². The number of nitrogens with one attached hydrogen (secondary N) is 1. The van der Waals surface area contributed by atoms with Gasteiger partial charge in [0.05, 0.1) is 11.8 Å². The molecule has 1 aromatic heterocycles. The number of hydrogen-bond donors (Lipinski definition) is 3. The molecule has 32 heavy (non-hydrogen) atoms. The second kappa shape index (κ2) is 8.57. The lowest BCUT2D eigenvalue weighted by Crippen LogP contribution is -2.37. The molecule has 2 unspecified atom stereocenters.